The smallest absolute Gasteiger partial charge is 0.170 e. The normalized spacial score (nSPS) is 18.9. The monoisotopic (exact) mass is 339 g/mol. The molecule has 1 heterocycles. The van der Waals surface area contributed by atoms with Gasteiger partial charge in [-0.2, -0.15) is 0 Å². The molecule has 1 saturated heterocycles. The standard InChI is InChI=1S/C17H26ClN3S/c1-2-16-6-3-4-12-21(16)13-5-11-19-17(22)20-15-9-7-14(18)8-10-15/h7-10,16H,2-6,11-13H2,1H3,(H2,19,20,22)/t16-/m0/s1. The molecule has 1 aliphatic rings. The Bertz CT molecular complexity index is 463. The number of hydrogen-bond donors (Lipinski definition) is 2. The molecule has 0 saturated carbocycles. The Labute approximate surface area is 144 Å². The van der Waals surface area contributed by atoms with Gasteiger partial charge in [-0.05, 0) is 68.7 Å². The molecule has 1 aromatic rings. The number of rotatable bonds is 6. The molecule has 0 bridgehead atoms. The Morgan fingerprint density at radius 2 is 2.09 bits per heavy atom. The lowest BCUT2D eigenvalue weighted by molar-refractivity contribution is 0.143. The molecule has 5 heteroatoms. The maximum absolute atomic E-state index is 5.87. The minimum absolute atomic E-state index is 0.674. The zero-order chi connectivity index (χ0) is 15.8. The van der Waals surface area contributed by atoms with E-state index in [1.54, 1.807) is 0 Å². The maximum atomic E-state index is 5.87. The lowest BCUT2D eigenvalue weighted by Crippen LogP contribution is -2.40. The molecular weight excluding hydrogens is 314 g/mol. The summed E-state index contributed by atoms with van der Waals surface area (Å²) in [6.45, 7) is 5.62. The molecule has 3 nitrogen and oxygen atoms in total. The minimum Gasteiger partial charge on any atom is -0.362 e. The number of likely N-dealkylation sites (tertiary alicyclic amines) is 1. The highest BCUT2D eigenvalue weighted by Gasteiger charge is 2.19. The first-order chi connectivity index (χ1) is 10.7. The number of nitrogens with one attached hydrogen (secondary N) is 2. The van der Waals surface area contributed by atoms with Crippen LogP contribution in [-0.2, 0) is 0 Å². The van der Waals surface area contributed by atoms with Crippen LogP contribution in [0.3, 0.4) is 0 Å². The summed E-state index contributed by atoms with van der Waals surface area (Å²) < 4.78 is 0. The second-order valence-corrected chi connectivity index (χ2v) is 6.68. The van der Waals surface area contributed by atoms with E-state index in [9.17, 15) is 0 Å². The van der Waals surface area contributed by atoms with Crippen LogP contribution in [-0.4, -0.2) is 35.7 Å². The fraction of sp³-hybridized carbons (Fsp3) is 0.588. The van der Waals surface area contributed by atoms with E-state index in [0.29, 0.717) is 5.11 Å². The number of halogens is 1. The van der Waals surface area contributed by atoms with Gasteiger partial charge < -0.3 is 15.5 Å². The van der Waals surface area contributed by atoms with E-state index in [1.165, 1.54) is 32.2 Å². The van der Waals surface area contributed by atoms with Gasteiger partial charge in [-0.25, -0.2) is 0 Å². The molecule has 0 spiro atoms. The number of nitrogens with zero attached hydrogens (tertiary/aromatic N) is 1. The van der Waals surface area contributed by atoms with Crippen LogP contribution in [0.5, 0.6) is 0 Å². The Hall–Kier alpha value is -0.840. The number of benzene rings is 1. The van der Waals surface area contributed by atoms with Crippen molar-refractivity contribution in [1.82, 2.24) is 10.2 Å². The molecule has 2 rings (SSSR count). The largest absolute Gasteiger partial charge is 0.362 e. The predicted molar refractivity (Wildman–Crippen MR) is 99.8 cm³/mol. The first-order valence-electron chi connectivity index (χ1n) is 8.23. The third-order valence-electron chi connectivity index (χ3n) is 4.23. The lowest BCUT2D eigenvalue weighted by atomic mass is 10.00. The molecule has 22 heavy (non-hydrogen) atoms. The van der Waals surface area contributed by atoms with E-state index in [2.05, 4.69) is 22.5 Å². The predicted octanol–water partition coefficient (Wildman–Crippen LogP) is 4.28. The summed E-state index contributed by atoms with van der Waals surface area (Å²) in [5.41, 5.74) is 0.962. The average molecular weight is 340 g/mol. The van der Waals surface area contributed by atoms with Crippen molar-refractivity contribution in [2.24, 2.45) is 0 Å². The van der Waals surface area contributed by atoms with Gasteiger partial charge in [0.1, 0.15) is 0 Å². The number of thiocarbonyl (C=S) groups is 1. The van der Waals surface area contributed by atoms with Gasteiger partial charge in [-0.1, -0.05) is 24.9 Å². The summed E-state index contributed by atoms with van der Waals surface area (Å²) in [5, 5.41) is 7.86. The van der Waals surface area contributed by atoms with E-state index in [4.69, 9.17) is 23.8 Å². The van der Waals surface area contributed by atoms with Crippen LogP contribution in [0.25, 0.3) is 0 Å². The Balaban J connectivity index is 1.63. The van der Waals surface area contributed by atoms with E-state index >= 15 is 0 Å². The van der Waals surface area contributed by atoms with E-state index in [-0.39, 0.29) is 0 Å². The third-order valence-corrected chi connectivity index (χ3v) is 4.73. The van der Waals surface area contributed by atoms with Gasteiger partial charge in [0.25, 0.3) is 0 Å². The SMILES string of the molecule is CC[C@H]1CCCCN1CCCNC(=S)Nc1ccc(Cl)cc1. The van der Waals surface area contributed by atoms with Gasteiger partial charge in [0.2, 0.25) is 0 Å². The Kier molecular flexibility index (Phi) is 7.43. The molecule has 122 valence electrons. The van der Waals surface area contributed by atoms with Crippen LogP contribution in [0.1, 0.15) is 39.0 Å². The second kappa shape index (κ2) is 9.33. The number of piperidine rings is 1. The van der Waals surface area contributed by atoms with Crippen molar-refractivity contribution in [1.29, 1.82) is 0 Å². The molecule has 0 amide bonds. The topological polar surface area (TPSA) is 27.3 Å². The highest BCUT2D eigenvalue weighted by molar-refractivity contribution is 7.80. The summed E-state index contributed by atoms with van der Waals surface area (Å²) in [7, 11) is 0. The van der Waals surface area contributed by atoms with Crippen LogP contribution in [0.15, 0.2) is 24.3 Å². The van der Waals surface area contributed by atoms with E-state index in [1.807, 2.05) is 24.3 Å². The van der Waals surface area contributed by atoms with Crippen LogP contribution in [0, 0.1) is 0 Å². The van der Waals surface area contributed by atoms with Crippen molar-refractivity contribution in [3.63, 3.8) is 0 Å². The zero-order valence-corrected chi connectivity index (χ0v) is 14.8. The van der Waals surface area contributed by atoms with Crippen molar-refractivity contribution in [3.8, 4) is 0 Å². The van der Waals surface area contributed by atoms with Gasteiger partial charge in [0, 0.05) is 29.8 Å². The van der Waals surface area contributed by atoms with Crippen molar-refractivity contribution < 1.29 is 0 Å². The minimum atomic E-state index is 0.674. The summed E-state index contributed by atoms with van der Waals surface area (Å²) in [6.07, 6.45) is 6.49. The molecule has 0 unspecified atom stereocenters. The summed E-state index contributed by atoms with van der Waals surface area (Å²) in [6, 6.07) is 8.35. The van der Waals surface area contributed by atoms with Gasteiger partial charge in [0.05, 0.1) is 0 Å². The molecule has 1 atom stereocenters. The first-order valence-corrected chi connectivity index (χ1v) is 9.02. The zero-order valence-electron chi connectivity index (χ0n) is 13.3. The lowest BCUT2D eigenvalue weighted by Gasteiger charge is -2.35. The fourth-order valence-electron chi connectivity index (χ4n) is 3.01. The molecule has 2 N–H and O–H groups in total. The van der Waals surface area contributed by atoms with Gasteiger partial charge in [-0.3, -0.25) is 0 Å². The highest BCUT2D eigenvalue weighted by atomic mass is 35.5. The van der Waals surface area contributed by atoms with Crippen LogP contribution in [0.4, 0.5) is 5.69 Å². The quantitative estimate of drug-likeness (QED) is 0.597. The van der Waals surface area contributed by atoms with Crippen molar-refractivity contribution in [3.05, 3.63) is 29.3 Å². The number of anilines is 1. The highest BCUT2D eigenvalue weighted by Crippen LogP contribution is 2.19. The molecule has 1 aliphatic heterocycles. The summed E-state index contributed by atoms with van der Waals surface area (Å²) >= 11 is 11.2. The molecule has 0 aromatic heterocycles. The molecular formula is C17H26ClN3S. The van der Waals surface area contributed by atoms with Crippen molar-refractivity contribution in [2.75, 3.05) is 25.0 Å². The summed E-state index contributed by atoms with van der Waals surface area (Å²) in [4.78, 5) is 2.64. The maximum Gasteiger partial charge on any atom is 0.170 e. The van der Waals surface area contributed by atoms with Crippen molar-refractivity contribution >= 4 is 34.6 Å². The molecule has 1 fully saturated rings. The van der Waals surface area contributed by atoms with Crippen LogP contribution < -0.4 is 10.6 Å². The fourth-order valence-corrected chi connectivity index (χ4v) is 3.36. The van der Waals surface area contributed by atoms with Crippen LogP contribution in [0.2, 0.25) is 5.02 Å². The molecule has 0 radical (unpaired) electrons. The Morgan fingerprint density at radius 1 is 1.32 bits per heavy atom. The van der Waals surface area contributed by atoms with Gasteiger partial charge >= 0.3 is 0 Å². The van der Waals surface area contributed by atoms with Crippen molar-refractivity contribution in [2.45, 2.75) is 45.1 Å². The van der Waals surface area contributed by atoms with E-state index in [0.717, 1.165) is 36.3 Å². The Morgan fingerprint density at radius 3 is 2.82 bits per heavy atom. The second-order valence-electron chi connectivity index (χ2n) is 5.84. The van der Waals surface area contributed by atoms with Crippen LogP contribution >= 0.6 is 23.8 Å². The summed E-state index contributed by atoms with van der Waals surface area (Å²) in [5.74, 6) is 0. The van der Waals surface area contributed by atoms with Gasteiger partial charge in [0.15, 0.2) is 5.11 Å². The third kappa shape index (κ3) is 5.75. The molecule has 1 aromatic carbocycles. The van der Waals surface area contributed by atoms with E-state index < -0.39 is 0 Å². The molecule has 0 aliphatic carbocycles. The number of hydrogen-bond acceptors (Lipinski definition) is 2. The first kappa shape index (κ1) is 17.5. The average Bonchev–Trinajstić information content (AvgIpc) is 2.54. The van der Waals surface area contributed by atoms with Gasteiger partial charge in [-0.15, -0.1) is 0 Å².